The summed E-state index contributed by atoms with van der Waals surface area (Å²) in [5.41, 5.74) is 1.04. The predicted octanol–water partition coefficient (Wildman–Crippen LogP) is 1.12. The number of hydrogen-bond donors (Lipinski definition) is 1. The molecule has 0 saturated heterocycles. The maximum Gasteiger partial charge on any atom is 0.102 e. The van der Waals surface area contributed by atoms with Gasteiger partial charge < -0.3 is 5.32 Å². The molecule has 48 valence electrons. The standard InChI is InChI=1S/C6H12FN/c1-6(2)5-8-4-3-7/h8H,1,3-5H2,2H3. The first kappa shape index (κ1) is 7.63. The summed E-state index contributed by atoms with van der Waals surface area (Å²) in [5, 5.41) is 2.86. The van der Waals surface area contributed by atoms with Gasteiger partial charge in [-0.1, -0.05) is 12.2 Å². The molecule has 0 heterocycles. The molecule has 0 amide bonds. The molecule has 0 rings (SSSR count). The van der Waals surface area contributed by atoms with E-state index in [2.05, 4.69) is 11.9 Å². The van der Waals surface area contributed by atoms with Crippen molar-refractivity contribution < 1.29 is 4.39 Å². The Kier molecular flexibility index (Phi) is 4.56. The number of halogens is 1. The van der Waals surface area contributed by atoms with Gasteiger partial charge in [0.05, 0.1) is 0 Å². The smallest absolute Gasteiger partial charge is 0.102 e. The third-order valence-electron chi connectivity index (χ3n) is 0.698. The van der Waals surface area contributed by atoms with Crippen molar-refractivity contribution in [1.82, 2.24) is 5.32 Å². The lowest BCUT2D eigenvalue weighted by Gasteiger charge is -1.97. The van der Waals surface area contributed by atoms with Gasteiger partial charge in [0.15, 0.2) is 0 Å². The van der Waals surface area contributed by atoms with Crippen molar-refractivity contribution >= 4 is 0 Å². The molecular weight excluding hydrogens is 105 g/mol. The van der Waals surface area contributed by atoms with E-state index in [4.69, 9.17) is 0 Å². The summed E-state index contributed by atoms with van der Waals surface area (Å²) in [5.74, 6) is 0. The molecule has 0 aliphatic carbocycles. The SMILES string of the molecule is C=C(C)CNCCF. The molecule has 0 aromatic carbocycles. The van der Waals surface area contributed by atoms with Crippen molar-refractivity contribution in [3.8, 4) is 0 Å². The maximum atomic E-state index is 11.4. The lowest BCUT2D eigenvalue weighted by molar-refractivity contribution is 0.474. The molecule has 0 fully saturated rings. The van der Waals surface area contributed by atoms with Gasteiger partial charge >= 0.3 is 0 Å². The van der Waals surface area contributed by atoms with Crippen LogP contribution in [0.5, 0.6) is 0 Å². The molecule has 0 atom stereocenters. The second-order valence-corrected chi connectivity index (χ2v) is 1.82. The molecule has 0 radical (unpaired) electrons. The zero-order valence-electron chi connectivity index (χ0n) is 5.21. The summed E-state index contributed by atoms with van der Waals surface area (Å²) < 4.78 is 11.4. The van der Waals surface area contributed by atoms with Crippen LogP contribution in [-0.4, -0.2) is 19.8 Å². The van der Waals surface area contributed by atoms with Crippen molar-refractivity contribution in [1.29, 1.82) is 0 Å². The summed E-state index contributed by atoms with van der Waals surface area (Å²) in [7, 11) is 0. The topological polar surface area (TPSA) is 12.0 Å². The van der Waals surface area contributed by atoms with Gasteiger partial charge in [-0.25, -0.2) is 4.39 Å². The van der Waals surface area contributed by atoms with Crippen LogP contribution in [0.4, 0.5) is 4.39 Å². The van der Waals surface area contributed by atoms with Gasteiger partial charge in [-0.05, 0) is 6.92 Å². The maximum absolute atomic E-state index is 11.4. The first-order chi connectivity index (χ1) is 3.77. The van der Waals surface area contributed by atoms with E-state index in [9.17, 15) is 4.39 Å². The van der Waals surface area contributed by atoms with Crippen LogP contribution in [0.2, 0.25) is 0 Å². The Balaban J connectivity index is 2.82. The Morgan fingerprint density at radius 1 is 1.75 bits per heavy atom. The van der Waals surface area contributed by atoms with E-state index < -0.39 is 0 Å². The number of nitrogens with one attached hydrogen (secondary N) is 1. The second-order valence-electron chi connectivity index (χ2n) is 1.82. The molecule has 0 aliphatic heterocycles. The number of alkyl halides is 1. The average Bonchev–Trinajstić information content (AvgIpc) is 1.66. The highest BCUT2D eigenvalue weighted by Gasteiger charge is 1.83. The lowest BCUT2D eigenvalue weighted by atomic mass is 10.3. The first-order valence-electron chi connectivity index (χ1n) is 2.68. The molecule has 0 unspecified atom stereocenters. The minimum Gasteiger partial charge on any atom is -0.310 e. The van der Waals surface area contributed by atoms with E-state index in [1.54, 1.807) is 0 Å². The number of hydrogen-bond acceptors (Lipinski definition) is 1. The van der Waals surface area contributed by atoms with E-state index in [0.29, 0.717) is 6.54 Å². The molecule has 0 aromatic rings. The lowest BCUT2D eigenvalue weighted by Crippen LogP contribution is -2.18. The predicted molar refractivity (Wildman–Crippen MR) is 33.7 cm³/mol. The van der Waals surface area contributed by atoms with Gasteiger partial charge in [0.25, 0.3) is 0 Å². The van der Waals surface area contributed by atoms with Gasteiger partial charge in [0.1, 0.15) is 6.67 Å². The Labute approximate surface area is 49.6 Å². The van der Waals surface area contributed by atoms with Crippen molar-refractivity contribution in [2.45, 2.75) is 6.92 Å². The molecule has 8 heavy (non-hydrogen) atoms. The summed E-state index contributed by atoms with van der Waals surface area (Å²) >= 11 is 0. The summed E-state index contributed by atoms with van der Waals surface area (Å²) in [4.78, 5) is 0. The van der Waals surface area contributed by atoms with Crippen LogP contribution < -0.4 is 5.32 Å². The van der Waals surface area contributed by atoms with Crippen molar-refractivity contribution in [3.63, 3.8) is 0 Å². The minimum atomic E-state index is -0.298. The third-order valence-corrected chi connectivity index (χ3v) is 0.698. The van der Waals surface area contributed by atoms with E-state index >= 15 is 0 Å². The summed E-state index contributed by atoms with van der Waals surface area (Å²) in [6.45, 7) is 6.42. The Bertz CT molecular complexity index is 70.9. The van der Waals surface area contributed by atoms with E-state index in [-0.39, 0.29) is 6.67 Å². The van der Waals surface area contributed by atoms with Crippen LogP contribution in [0, 0.1) is 0 Å². The van der Waals surface area contributed by atoms with Crippen LogP contribution in [0.3, 0.4) is 0 Å². The number of rotatable bonds is 4. The molecule has 0 saturated carbocycles. The Hall–Kier alpha value is -0.370. The highest BCUT2D eigenvalue weighted by atomic mass is 19.1. The summed E-state index contributed by atoms with van der Waals surface area (Å²) in [6.07, 6.45) is 0. The molecule has 1 N–H and O–H groups in total. The van der Waals surface area contributed by atoms with Crippen molar-refractivity contribution in [3.05, 3.63) is 12.2 Å². The highest BCUT2D eigenvalue weighted by Crippen LogP contribution is 1.79. The molecule has 1 nitrogen and oxygen atoms in total. The first-order valence-corrected chi connectivity index (χ1v) is 2.68. The molecular formula is C6H12FN. The molecule has 0 spiro atoms. The highest BCUT2D eigenvalue weighted by molar-refractivity contribution is 4.90. The van der Waals surface area contributed by atoms with Crippen LogP contribution in [-0.2, 0) is 0 Å². The third kappa shape index (κ3) is 5.63. The second kappa shape index (κ2) is 4.78. The van der Waals surface area contributed by atoms with E-state index in [1.807, 2.05) is 6.92 Å². The molecule has 0 bridgehead atoms. The minimum absolute atomic E-state index is 0.298. The fourth-order valence-electron chi connectivity index (χ4n) is 0.369. The average molecular weight is 117 g/mol. The summed E-state index contributed by atoms with van der Waals surface area (Å²) in [6, 6.07) is 0. The van der Waals surface area contributed by atoms with Gasteiger partial charge in [-0.2, -0.15) is 0 Å². The van der Waals surface area contributed by atoms with Gasteiger partial charge in [-0.3, -0.25) is 0 Å². The van der Waals surface area contributed by atoms with Gasteiger partial charge in [0.2, 0.25) is 0 Å². The zero-order chi connectivity index (χ0) is 6.41. The zero-order valence-corrected chi connectivity index (χ0v) is 5.21. The van der Waals surface area contributed by atoms with Gasteiger partial charge in [-0.15, -0.1) is 0 Å². The molecule has 0 aliphatic rings. The molecule has 2 heteroatoms. The van der Waals surface area contributed by atoms with Crippen molar-refractivity contribution in [2.24, 2.45) is 0 Å². The fourth-order valence-corrected chi connectivity index (χ4v) is 0.369. The molecule has 0 aromatic heterocycles. The Morgan fingerprint density at radius 3 is 2.75 bits per heavy atom. The van der Waals surface area contributed by atoms with Crippen LogP contribution in [0.1, 0.15) is 6.92 Å². The van der Waals surface area contributed by atoms with E-state index in [1.165, 1.54) is 0 Å². The van der Waals surface area contributed by atoms with Crippen LogP contribution in [0.25, 0.3) is 0 Å². The Morgan fingerprint density at radius 2 is 2.38 bits per heavy atom. The van der Waals surface area contributed by atoms with Gasteiger partial charge in [0, 0.05) is 13.1 Å². The quantitative estimate of drug-likeness (QED) is 0.430. The fraction of sp³-hybridized carbons (Fsp3) is 0.667. The van der Waals surface area contributed by atoms with E-state index in [0.717, 1.165) is 12.1 Å². The normalized spacial score (nSPS) is 9.25. The largest absolute Gasteiger partial charge is 0.310 e. The van der Waals surface area contributed by atoms with Crippen molar-refractivity contribution in [2.75, 3.05) is 19.8 Å². The van der Waals surface area contributed by atoms with Crippen LogP contribution >= 0.6 is 0 Å². The monoisotopic (exact) mass is 117 g/mol. The van der Waals surface area contributed by atoms with Crippen LogP contribution in [0.15, 0.2) is 12.2 Å².